The van der Waals surface area contributed by atoms with Gasteiger partial charge in [0.25, 0.3) is 5.79 Å². The minimum absolute atomic E-state index is 0.704. The summed E-state index contributed by atoms with van der Waals surface area (Å²) in [5.41, 5.74) is 0. The van der Waals surface area contributed by atoms with Gasteiger partial charge in [-0.15, -0.1) is 0 Å². The largest absolute Gasteiger partial charge is 0.477 e. The summed E-state index contributed by atoms with van der Waals surface area (Å²) in [6.07, 6.45) is -22.8. The van der Waals surface area contributed by atoms with Gasteiger partial charge in [-0.05, 0) is 0 Å². The zero-order chi connectivity index (χ0) is 37.0. The Kier molecular flexibility index (Phi) is 14.2. The number of carboxylic acids is 1. The normalized spacial score (nSPS) is 40.9. The molecule has 3 heterocycles. The molecule has 282 valence electrons. The van der Waals surface area contributed by atoms with Crippen molar-refractivity contribution in [3.8, 4) is 0 Å². The first kappa shape index (κ1) is 40.7. The molecule has 0 aliphatic carbocycles. The number of aliphatic carboxylic acids is 1. The highest BCUT2D eigenvalue weighted by molar-refractivity contribution is 5.76. The van der Waals surface area contributed by atoms with E-state index >= 15 is 0 Å². The quantitative estimate of drug-likeness (QED) is 0.0842. The smallest absolute Gasteiger partial charge is 0.364 e. The van der Waals surface area contributed by atoms with Crippen LogP contribution in [0.4, 0.5) is 0 Å². The number of hydrogen-bond donors (Lipinski definition) is 13. The lowest BCUT2D eigenvalue weighted by molar-refractivity contribution is -0.343. The van der Waals surface area contributed by atoms with E-state index in [0.717, 1.165) is 20.8 Å². The van der Waals surface area contributed by atoms with Crippen molar-refractivity contribution < 1.29 is 93.9 Å². The Morgan fingerprint density at radius 1 is 0.816 bits per heavy atom. The Bertz CT molecular complexity index is 1170. The van der Waals surface area contributed by atoms with Gasteiger partial charge in [0.1, 0.15) is 67.0 Å². The van der Waals surface area contributed by atoms with Gasteiger partial charge in [0.05, 0.1) is 32.0 Å². The predicted octanol–water partition coefficient (Wildman–Crippen LogP) is -7.94. The van der Waals surface area contributed by atoms with Crippen LogP contribution in [0.3, 0.4) is 0 Å². The van der Waals surface area contributed by atoms with Crippen LogP contribution in [0.15, 0.2) is 0 Å². The molecular weight excluding hydrogens is 670 g/mol. The van der Waals surface area contributed by atoms with Gasteiger partial charge in [-0.2, -0.15) is 0 Å². The molecule has 0 unspecified atom stereocenters. The van der Waals surface area contributed by atoms with E-state index in [9.17, 15) is 70.2 Å². The number of carboxylic acid groups (broad SMARTS) is 1. The molecule has 3 fully saturated rings. The Labute approximate surface area is 278 Å². The first-order valence-electron chi connectivity index (χ1n) is 15.2. The zero-order valence-corrected chi connectivity index (χ0v) is 26.6. The minimum atomic E-state index is -2.86. The number of rotatable bonds is 13. The van der Waals surface area contributed by atoms with E-state index in [-0.39, 0.29) is 0 Å². The molecule has 0 aromatic rings. The van der Waals surface area contributed by atoms with Gasteiger partial charge in [-0.25, -0.2) is 4.79 Å². The lowest BCUT2D eigenvalue weighted by Crippen LogP contribution is -2.70. The van der Waals surface area contributed by atoms with Crippen LogP contribution in [-0.2, 0) is 42.9 Å². The molecule has 22 heteroatoms. The molecule has 3 saturated heterocycles. The third-order valence-electron chi connectivity index (χ3n) is 8.27. The molecule has 3 aliphatic heterocycles. The average molecular weight is 716 g/mol. The highest BCUT2D eigenvalue weighted by Crippen LogP contribution is 2.35. The topological polar surface area (TPSA) is 353 Å². The summed E-state index contributed by atoms with van der Waals surface area (Å²) in [5, 5.41) is 111. The van der Waals surface area contributed by atoms with E-state index in [0.29, 0.717) is 0 Å². The van der Waals surface area contributed by atoms with Crippen molar-refractivity contribution in [2.75, 3.05) is 19.8 Å². The SMILES string of the molecule is CC(=O)N[C@@H]1[C@@H](O[C@H]2O[C@H](CO[C@]3(C(=O)O)C[C@H](O)[C@@H](NC(C)=O)[C@H]([C@H](O)[C@H](O)CO)O3)[C@H](O)[C@H](O)[C@H]2NC(C)=O)[C@H](O)[C@@H](CO)O[C@@H]1O. The maximum absolute atomic E-state index is 12.5. The van der Waals surface area contributed by atoms with Gasteiger partial charge >= 0.3 is 5.97 Å². The second kappa shape index (κ2) is 17.0. The average Bonchev–Trinajstić information content (AvgIpc) is 3.02. The van der Waals surface area contributed by atoms with Crippen molar-refractivity contribution in [3.05, 3.63) is 0 Å². The van der Waals surface area contributed by atoms with Crippen LogP contribution >= 0.6 is 0 Å². The second-order valence-electron chi connectivity index (χ2n) is 12.0. The number of ether oxygens (including phenoxy) is 5. The molecule has 0 bridgehead atoms. The maximum Gasteiger partial charge on any atom is 0.364 e. The molecule has 0 radical (unpaired) electrons. The Morgan fingerprint density at radius 3 is 1.92 bits per heavy atom. The molecule has 0 saturated carbocycles. The molecule has 13 N–H and O–H groups in total. The van der Waals surface area contributed by atoms with Crippen molar-refractivity contribution in [1.82, 2.24) is 16.0 Å². The minimum Gasteiger partial charge on any atom is -0.477 e. The molecular formula is C27H45N3O19. The molecule has 3 aliphatic rings. The summed E-state index contributed by atoms with van der Waals surface area (Å²) in [6, 6.07) is -4.60. The summed E-state index contributed by atoms with van der Waals surface area (Å²) in [7, 11) is 0. The van der Waals surface area contributed by atoms with Crippen LogP contribution in [-0.4, -0.2) is 192 Å². The summed E-state index contributed by atoms with van der Waals surface area (Å²) in [4.78, 5) is 48.2. The van der Waals surface area contributed by atoms with Crippen LogP contribution in [0.2, 0.25) is 0 Å². The molecule has 0 spiro atoms. The Morgan fingerprint density at radius 2 is 1.39 bits per heavy atom. The van der Waals surface area contributed by atoms with Crippen molar-refractivity contribution in [3.63, 3.8) is 0 Å². The number of nitrogens with one attached hydrogen (secondary N) is 3. The van der Waals surface area contributed by atoms with Crippen molar-refractivity contribution in [2.24, 2.45) is 0 Å². The van der Waals surface area contributed by atoms with Gasteiger partial charge in [-0.1, -0.05) is 0 Å². The van der Waals surface area contributed by atoms with Gasteiger partial charge in [0, 0.05) is 27.2 Å². The van der Waals surface area contributed by atoms with Crippen LogP contribution in [0.1, 0.15) is 27.2 Å². The monoisotopic (exact) mass is 715 g/mol. The van der Waals surface area contributed by atoms with Crippen molar-refractivity contribution in [2.45, 2.75) is 125 Å². The van der Waals surface area contributed by atoms with Crippen LogP contribution < -0.4 is 16.0 Å². The fourth-order valence-corrected chi connectivity index (χ4v) is 5.86. The second-order valence-corrected chi connectivity index (χ2v) is 12.0. The standard InChI is InChI=1S/C27H45N3O19/c1-8(33)28-15-11(36)4-27(26(43)44,49-23(15)18(38)12(37)5-31)45-7-14-19(39)21(41)16(29-9(2)34)25(47-14)48-22-17(30-10(3)35)24(42)46-13(6-32)20(22)40/h11-25,31-32,36-42H,4-7H2,1-3H3,(H,28,33)(H,29,34)(H,30,35)(H,43,44)/t11-,12+,13+,14+,15+,16+,17+,18+,19-,20+,21+,22+,23+,24-,25+,27+/m0/s1. The van der Waals surface area contributed by atoms with Crippen molar-refractivity contribution in [1.29, 1.82) is 0 Å². The molecule has 22 nitrogen and oxygen atoms in total. The van der Waals surface area contributed by atoms with Crippen LogP contribution in [0.25, 0.3) is 0 Å². The fraction of sp³-hybridized carbons (Fsp3) is 0.852. The number of aliphatic hydroxyl groups is 9. The summed E-state index contributed by atoms with van der Waals surface area (Å²) < 4.78 is 27.8. The van der Waals surface area contributed by atoms with Crippen LogP contribution in [0, 0.1) is 0 Å². The van der Waals surface area contributed by atoms with Crippen molar-refractivity contribution >= 4 is 23.7 Å². The number of carbonyl (C=O) groups excluding carboxylic acids is 3. The van der Waals surface area contributed by atoms with E-state index in [2.05, 4.69) is 16.0 Å². The zero-order valence-electron chi connectivity index (χ0n) is 26.6. The maximum atomic E-state index is 12.5. The van der Waals surface area contributed by atoms with Crippen LogP contribution in [0.5, 0.6) is 0 Å². The third-order valence-corrected chi connectivity index (χ3v) is 8.27. The first-order chi connectivity index (χ1) is 22.9. The first-order valence-corrected chi connectivity index (χ1v) is 15.2. The summed E-state index contributed by atoms with van der Waals surface area (Å²) in [5.74, 6) is -6.93. The molecule has 16 atom stereocenters. The van der Waals surface area contributed by atoms with Gasteiger partial charge < -0.3 is 90.7 Å². The Balaban J connectivity index is 1.93. The third kappa shape index (κ3) is 9.36. The number of amides is 3. The molecule has 0 aromatic carbocycles. The van der Waals surface area contributed by atoms with E-state index in [1.54, 1.807) is 0 Å². The predicted molar refractivity (Wildman–Crippen MR) is 153 cm³/mol. The van der Waals surface area contributed by atoms with Gasteiger partial charge in [0.2, 0.25) is 17.7 Å². The van der Waals surface area contributed by atoms with Gasteiger partial charge in [-0.3, -0.25) is 14.4 Å². The molecule has 3 rings (SSSR count). The van der Waals surface area contributed by atoms with E-state index in [4.69, 9.17) is 23.7 Å². The molecule has 3 amide bonds. The molecule has 0 aromatic heterocycles. The highest BCUT2D eigenvalue weighted by atomic mass is 16.7. The van der Waals surface area contributed by atoms with E-state index in [1.165, 1.54) is 0 Å². The van der Waals surface area contributed by atoms with E-state index in [1.807, 2.05) is 0 Å². The lowest BCUT2D eigenvalue weighted by atomic mass is 9.88. The number of hydrogen-bond acceptors (Lipinski definition) is 18. The number of aliphatic hydroxyl groups excluding tert-OH is 9. The van der Waals surface area contributed by atoms with E-state index < -0.39 is 147 Å². The summed E-state index contributed by atoms with van der Waals surface area (Å²) in [6.45, 7) is 0.357. The fourth-order valence-electron chi connectivity index (χ4n) is 5.86. The number of carbonyl (C=O) groups is 4. The lowest BCUT2D eigenvalue weighted by Gasteiger charge is -2.49. The van der Waals surface area contributed by atoms with Gasteiger partial charge in [0.15, 0.2) is 12.6 Å². The Hall–Kier alpha value is -2.68. The molecule has 49 heavy (non-hydrogen) atoms. The summed E-state index contributed by atoms with van der Waals surface area (Å²) >= 11 is 0. The highest BCUT2D eigenvalue weighted by Gasteiger charge is 2.57.